The molecule has 0 aliphatic carbocycles. The van der Waals surface area contributed by atoms with Crippen molar-refractivity contribution in [2.45, 2.75) is 39.3 Å². The van der Waals surface area contributed by atoms with Crippen LogP contribution in [0.4, 0.5) is 0 Å². The zero-order valence-corrected chi connectivity index (χ0v) is 6.23. The van der Waals surface area contributed by atoms with E-state index >= 15 is 0 Å². The van der Waals surface area contributed by atoms with Gasteiger partial charge >= 0.3 is 0 Å². The molecule has 0 saturated carbocycles. The highest BCUT2D eigenvalue weighted by Gasteiger charge is 2.37. The maximum absolute atomic E-state index is 2.48. The first kappa shape index (κ1) is 6.09. The van der Waals surface area contributed by atoms with Gasteiger partial charge in [0.25, 0.3) is 0 Å². The van der Waals surface area contributed by atoms with E-state index in [-0.39, 0.29) is 0 Å². The molecule has 0 aromatic heterocycles. The monoisotopic (exact) mass is 113 g/mol. The number of hydrogen-bond donors (Lipinski definition) is 0. The Morgan fingerprint density at radius 1 is 1.38 bits per heavy atom. The van der Waals surface area contributed by atoms with Crippen molar-refractivity contribution in [1.29, 1.82) is 0 Å². The Morgan fingerprint density at radius 2 is 1.75 bits per heavy atom. The van der Waals surface area contributed by atoms with Gasteiger partial charge in [-0.1, -0.05) is 0 Å². The molecule has 1 heteroatoms. The largest absolute Gasteiger partial charge is 0.293 e. The Balaban J connectivity index is 2.39. The van der Waals surface area contributed by atoms with Crippen LogP contribution >= 0.6 is 0 Å². The molecule has 2 atom stereocenters. The summed E-state index contributed by atoms with van der Waals surface area (Å²) in [6, 6.07) is 0.843. The Hall–Kier alpha value is -0.0400. The van der Waals surface area contributed by atoms with E-state index in [1.165, 1.54) is 6.54 Å². The standard InChI is InChI=1S/C7H15N/c1-6-5-8(6)7(2,3)4/h6H,5H2,1-4H3/t6-,8?/m0/s1. The van der Waals surface area contributed by atoms with Crippen molar-refractivity contribution in [2.24, 2.45) is 0 Å². The summed E-state index contributed by atoms with van der Waals surface area (Å²) in [5.74, 6) is 0. The van der Waals surface area contributed by atoms with Crippen LogP contribution in [0.1, 0.15) is 27.7 Å². The third-order valence-corrected chi connectivity index (χ3v) is 1.72. The van der Waals surface area contributed by atoms with Gasteiger partial charge in [-0.2, -0.15) is 0 Å². The Morgan fingerprint density at radius 3 is 1.75 bits per heavy atom. The summed E-state index contributed by atoms with van der Waals surface area (Å²) in [4.78, 5) is 2.48. The second-order valence-corrected chi connectivity index (χ2v) is 3.67. The van der Waals surface area contributed by atoms with Crippen LogP contribution in [0, 0.1) is 0 Å². The van der Waals surface area contributed by atoms with Crippen LogP contribution in [0.3, 0.4) is 0 Å². The van der Waals surface area contributed by atoms with Crippen molar-refractivity contribution in [3.63, 3.8) is 0 Å². The summed E-state index contributed by atoms with van der Waals surface area (Å²) in [6.45, 7) is 10.3. The molecule has 0 radical (unpaired) electrons. The van der Waals surface area contributed by atoms with E-state index in [1.54, 1.807) is 0 Å². The molecule has 1 fully saturated rings. The van der Waals surface area contributed by atoms with Crippen LogP contribution in [0.5, 0.6) is 0 Å². The second-order valence-electron chi connectivity index (χ2n) is 3.67. The molecule has 1 aliphatic rings. The lowest BCUT2D eigenvalue weighted by Gasteiger charge is -2.20. The van der Waals surface area contributed by atoms with Crippen molar-refractivity contribution < 1.29 is 0 Å². The van der Waals surface area contributed by atoms with Crippen LogP contribution in [-0.2, 0) is 0 Å². The molecule has 1 aliphatic heterocycles. The lowest BCUT2D eigenvalue weighted by Crippen LogP contribution is -2.26. The fourth-order valence-corrected chi connectivity index (χ4v) is 1.17. The van der Waals surface area contributed by atoms with Gasteiger partial charge in [0, 0.05) is 18.1 Å². The van der Waals surface area contributed by atoms with Crippen molar-refractivity contribution in [3.05, 3.63) is 0 Å². The van der Waals surface area contributed by atoms with Crippen LogP contribution in [0.25, 0.3) is 0 Å². The van der Waals surface area contributed by atoms with Crippen LogP contribution in [0.15, 0.2) is 0 Å². The molecule has 0 amide bonds. The third-order valence-electron chi connectivity index (χ3n) is 1.72. The van der Waals surface area contributed by atoms with Crippen molar-refractivity contribution in [1.82, 2.24) is 4.90 Å². The minimum absolute atomic E-state index is 0.416. The first-order chi connectivity index (χ1) is 3.52. The predicted molar refractivity (Wildman–Crippen MR) is 35.9 cm³/mol. The minimum atomic E-state index is 0.416. The van der Waals surface area contributed by atoms with Crippen LogP contribution in [-0.4, -0.2) is 23.0 Å². The summed E-state index contributed by atoms with van der Waals surface area (Å²) in [5, 5.41) is 0. The van der Waals surface area contributed by atoms with Crippen LogP contribution in [0.2, 0.25) is 0 Å². The van der Waals surface area contributed by atoms with E-state index in [1.807, 2.05) is 0 Å². The van der Waals surface area contributed by atoms with Crippen molar-refractivity contribution >= 4 is 0 Å². The lowest BCUT2D eigenvalue weighted by atomic mass is 10.1. The van der Waals surface area contributed by atoms with Gasteiger partial charge in [0.2, 0.25) is 0 Å². The van der Waals surface area contributed by atoms with E-state index in [0.717, 1.165) is 6.04 Å². The lowest BCUT2D eigenvalue weighted by molar-refractivity contribution is 0.291. The van der Waals surface area contributed by atoms with E-state index in [0.29, 0.717) is 5.54 Å². The highest BCUT2D eigenvalue weighted by Crippen LogP contribution is 2.27. The van der Waals surface area contributed by atoms with E-state index < -0.39 is 0 Å². The SMILES string of the molecule is C[C@H]1CN1C(C)(C)C. The molecule has 0 bridgehead atoms. The van der Waals surface area contributed by atoms with Gasteiger partial charge < -0.3 is 0 Å². The summed E-state index contributed by atoms with van der Waals surface area (Å²) in [5.41, 5.74) is 0.416. The van der Waals surface area contributed by atoms with Crippen molar-refractivity contribution in [2.75, 3.05) is 6.54 Å². The normalized spacial score (nSPS) is 37.5. The van der Waals surface area contributed by atoms with Crippen LogP contribution < -0.4 is 0 Å². The summed E-state index contributed by atoms with van der Waals surface area (Å²) < 4.78 is 0. The molecule has 48 valence electrons. The van der Waals surface area contributed by atoms with Gasteiger partial charge in [0.1, 0.15) is 0 Å². The first-order valence-corrected chi connectivity index (χ1v) is 3.28. The molecular formula is C7H15N. The zero-order valence-electron chi connectivity index (χ0n) is 6.23. The maximum Gasteiger partial charge on any atom is 0.0201 e. The van der Waals surface area contributed by atoms with E-state index in [2.05, 4.69) is 32.6 Å². The summed E-state index contributed by atoms with van der Waals surface area (Å²) >= 11 is 0. The van der Waals surface area contributed by atoms with E-state index in [4.69, 9.17) is 0 Å². The van der Waals surface area contributed by atoms with Gasteiger partial charge in [-0.3, -0.25) is 4.90 Å². The number of rotatable bonds is 0. The Bertz CT molecular complexity index is 91.1. The first-order valence-electron chi connectivity index (χ1n) is 3.28. The smallest absolute Gasteiger partial charge is 0.0201 e. The molecular weight excluding hydrogens is 98.1 g/mol. The van der Waals surface area contributed by atoms with Gasteiger partial charge in [-0.15, -0.1) is 0 Å². The van der Waals surface area contributed by atoms with E-state index in [9.17, 15) is 0 Å². The average Bonchev–Trinajstić information content (AvgIpc) is 2.13. The average molecular weight is 113 g/mol. The van der Waals surface area contributed by atoms with Gasteiger partial charge in [-0.25, -0.2) is 0 Å². The topological polar surface area (TPSA) is 3.01 Å². The molecule has 0 spiro atoms. The van der Waals surface area contributed by atoms with Gasteiger partial charge in [-0.05, 0) is 27.7 Å². The quantitative estimate of drug-likeness (QED) is 0.430. The molecule has 1 unspecified atom stereocenters. The predicted octanol–water partition coefficient (Wildman–Crippen LogP) is 1.49. The minimum Gasteiger partial charge on any atom is -0.293 e. The van der Waals surface area contributed by atoms with Gasteiger partial charge in [0.05, 0.1) is 0 Å². The highest BCUT2D eigenvalue weighted by atomic mass is 15.3. The molecule has 8 heavy (non-hydrogen) atoms. The fourth-order valence-electron chi connectivity index (χ4n) is 1.17. The highest BCUT2D eigenvalue weighted by molar-refractivity contribution is 4.94. The fraction of sp³-hybridized carbons (Fsp3) is 1.00. The Labute approximate surface area is 51.7 Å². The molecule has 1 nitrogen and oxygen atoms in total. The number of nitrogens with zero attached hydrogens (tertiary/aromatic N) is 1. The molecule has 1 rings (SSSR count). The molecule has 0 N–H and O–H groups in total. The summed E-state index contributed by atoms with van der Waals surface area (Å²) in [7, 11) is 0. The number of hydrogen-bond acceptors (Lipinski definition) is 1. The molecule has 0 aromatic rings. The maximum atomic E-state index is 2.48. The third kappa shape index (κ3) is 1.03. The zero-order chi connectivity index (χ0) is 6.36. The molecule has 1 saturated heterocycles. The van der Waals surface area contributed by atoms with Crippen molar-refractivity contribution in [3.8, 4) is 0 Å². The second kappa shape index (κ2) is 1.47. The summed E-state index contributed by atoms with van der Waals surface area (Å²) in [6.07, 6.45) is 0. The molecule has 0 aromatic carbocycles. The van der Waals surface area contributed by atoms with Gasteiger partial charge in [0.15, 0.2) is 0 Å². The molecule has 1 heterocycles. The Kier molecular flexibility index (Phi) is 1.12.